The Bertz CT molecular complexity index is 2560. The molecule has 0 unspecified atom stereocenters. The van der Waals surface area contributed by atoms with Crippen LogP contribution in [0.2, 0.25) is 0 Å². The van der Waals surface area contributed by atoms with Crippen molar-refractivity contribution in [2.75, 3.05) is 20.8 Å². The van der Waals surface area contributed by atoms with Gasteiger partial charge in [-0.15, -0.1) is 11.3 Å². The topological polar surface area (TPSA) is 175 Å². The van der Waals surface area contributed by atoms with E-state index in [9.17, 15) is 19.2 Å². The van der Waals surface area contributed by atoms with E-state index >= 15 is 0 Å². The van der Waals surface area contributed by atoms with Gasteiger partial charge in [-0.1, -0.05) is 30.3 Å². The number of piperidine rings is 1. The highest BCUT2D eigenvalue weighted by atomic mass is 32.1. The SMILES string of the molecule is COC(=O)N[C@@H](C)C(=O)N1CCC[C@H]1c1ncc(-c2ccc3c(c2)sc2cc(-c4ccc5nc([C@@H]6[C@@H]7CC[C@H](C7)N6C(=O)[C@H](C)NC(=O)OC)[nH]c5c4)ccc23)[nH]1. The molecule has 0 radical (unpaired) electrons. The number of nitrogens with zero attached hydrogens (tertiary/aromatic N) is 4. The molecule has 14 nitrogen and oxygen atoms in total. The zero-order valence-corrected chi connectivity index (χ0v) is 32.9. The number of carbonyl (C=O) groups excluding carboxylic acids is 4. The first-order valence-corrected chi connectivity index (χ1v) is 20.2. The van der Waals surface area contributed by atoms with Crippen LogP contribution in [0, 0.1) is 5.92 Å². The lowest BCUT2D eigenvalue weighted by molar-refractivity contribution is -0.137. The van der Waals surface area contributed by atoms with Crippen molar-refractivity contribution < 1.29 is 28.7 Å². The third kappa shape index (κ3) is 6.52. The Morgan fingerprint density at radius 2 is 1.47 bits per heavy atom. The second kappa shape index (κ2) is 14.5. The molecular formula is C42H44N8O6S. The van der Waals surface area contributed by atoms with Crippen molar-refractivity contribution in [1.82, 2.24) is 40.4 Å². The van der Waals surface area contributed by atoms with Crippen LogP contribution in [-0.4, -0.2) is 92.6 Å². The van der Waals surface area contributed by atoms with Crippen molar-refractivity contribution >= 4 is 66.5 Å². The molecule has 4 N–H and O–H groups in total. The van der Waals surface area contributed by atoms with Crippen molar-refractivity contribution in [3.05, 3.63) is 72.4 Å². The number of H-pyrrole nitrogens is 2. The maximum absolute atomic E-state index is 13.6. The van der Waals surface area contributed by atoms with Crippen LogP contribution in [0.4, 0.5) is 9.59 Å². The number of thiophene rings is 1. The van der Waals surface area contributed by atoms with E-state index in [0.717, 1.165) is 81.9 Å². The molecule has 57 heavy (non-hydrogen) atoms. The van der Waals surface area contributed by atoms with Gasteiger partial charge in [0.15, 0.2) is 0 Å². The van der Waals surface area contributed by atoms with Gasteiger partial charge >= 0.3 is 12.2 Å². The van der Waals surface area contributed by atoms with Gasteiger partial charge in [-0.25, -0.2) is 19.6 Å². The largest absolute Gasteiger partial charge is 0.453 e. The molecule has 3 aromatic carbocycles. The third-order valence-electron chi connectivity index (χ3n) is 12.0. The molecule has 294 valence electrons. The zero-order valence-electron chi connectivity index (χ0n) is 32.1. The fourth-order valence-electron chi connectivity index (χ4n) is 9.17. The van der Waals surface area contributed by atoms with E-state index in [1.54, 1.807) is 30.1 Å². The van der Waals surface area contributed by atoms with Gasteiger partial charge in [0.1, 0.15) is 23.7 Å². The van der Waals surface area contributed by atoms with Gasteiger partial charge < -0.3 is 39.9 Å². The number of aromatic amines is 2. The van der Waals surface area contributed by atoms with Crippen LogP contribution in [-0.2, 0) is 19.1 Å². The molecule has 6 aromatic rings. The second-order valence-electron chi connectivity index (χ2n) is 15.4. The molecule has 1 saturated carbocycles. The summed E-state index contributed by atoms with van der Waals surface area (Å²) in [7, 11) is 2.57. The number of benzene rings is 3. The van der Waals surface area contributed by atoms with E-state index in [0.29, 0.717) is 12.5 Å². The molecule has 4 amide bonds. The molecule has 6 atom stereocenters. The first-order chi connectivity index (χ1) is 27.6. The summed E-state index contributed by atoms with van der Waals surface area (Å²) >= 11 is 1.74. The van der Waals surface area contributed by atoms with Crippen molar-refractivity contribution in [1.29, 1.82) is 0 Å². The molecular weight excluding hydrogens is 745 g/mol. The van der Waals surface area contributed by atoms with Crippen LogP contribution in [0.25, 0.3) is 53.6 Å². The van der Waals surface area contributed by atoms with Crippen molar-refractivity contribution in [3.63, 3.8) is 0 Å². The third-order valence-corrected chi connectivity index (χ3v) is 13.1. The molecule has 3 aromatic heterocycles. The van der Waals surface area contributed by atoms with Crippen LogP contribution in [0.15, 0.2) is 60.8 Å². The fraction of sp³-hybridized carbons (Fsp3) is 0.381. The average molecular weight is 789 g/mol. The number of fused-ring (bicyclic) bond motifs is 6. The molecule has 9 rings (SSSR count). The maximum atomic E-state index is 13.6. The number of hydrogen-bond acceptors (Lipinski definition) is 9. The Balaban J connectivity index is 0.947. The Morgan fingerprint density at radius 3 is 2.21 bits per heavy atom. The number of carbonyl (C=O) groups is 4. The molecule has 2 bridgehead atoms. The highest BCUT2D eigenvalue weighted by Gasteiger charge is 2.50. The summed E-state index contributed by atoms with van der Waals surface area (Å²) in [5.74, 6) is 1.54. The Morgan fingerprint density at radius 1 is 0.807 bits per heavy atom. The number of nitrogens with one attached hydrogen (secondary N) is 4. The van der Waals surface area contributed by atoms with Crippen LogP contribution in [0.5, 0.6) is 0 Å². The molecule has 3 fully saturated rings. The first-order valence-electron chi connectivity index (χ1n) is 19.4. The van der Waals surface area contributed by atoms with E-state index in [2.05, 4.69) is 73.9 Å². The molecule has 0 spiro atoms. The minimum atomic E-state index is -0.708. The monoisotopic (exact) mass is 788 g/mol. The summed E-state index contributed by atoms with van der Waals surface area (Å²) in [5.41, 5.74) is 5.80. The summed E-state index contributed by atoms with van der Waals surface area (Å²) in [5, 5.41) is 7.58. The van der Waals surface area contributed by atoms with Gasteiger partial charge in [-0.2, -0.15) is 0 Å². The van der Waals surface area contributed by atoms with Crippen molar-refractivity contribution in [3.8, 4) is 22.4 Å². The van der Waals surface area contributed by atoms with Crippen LogP contribution >= 0.6 is 11.3 Å². The lowest BCUT2D eigenvalue weighted by Crippen LogP contribution is -2.50. The zero-order chi connectivity index (χ0) is 39.5. The van der Waals surface area contributed by atoms with E-state index < -0.39 is 24.3 Å². The van der Waals surface area contributed by atoms with E-state index in [-0.39, 0.29) is 29.9 Å². The highest BCUT2D eigenvalue weighted by Crippen LogP contribution is 2.50. The fourth-order valence-corrected chi connectivity index (χ4v) is 10.3. The van der Waals surface area contributed by atoms with Gasteiger partial charge in [0, 0.05) is 38.3 Å². The van der Waals surface area contributed by atoms with Crippen molar-refractivity contribution in [2.45, 2.75) is 76.2 Å². The summed E-state index contributed by atoms with van der Waals surface area (Å²) < 4.78 is 11.7. The summed E-state index contributed by atoms with van der Waals surface area (Å²) in [6, 6.07) is 17.6. The lowest BCUT2D eigenvalue weighted by Gasteiger charge is -2.35. The smallest absolute Gasteiger partial charge is 0.407 e. The number of rotatable bonds is 8. The number of ether oxygens (including phenoxy) is 2. The summed E-state index contributed by atoms with van der Waals surface area (Å²) in [4.78, 5) is 70.8. The maximum Gasteiger partial charge on any atom is 0.407 e. The number of likely N-dealkylation sites (tertiary alicyclic amines) is 2. The quantitative estimate of drug-likeness (QED) is 0.125. The number of imidazole rings is 2. The Labute approximate surface area is 332 Å². The number of alkyl carbamates (subject to hydrolysis) is 2. The van der Waals surface area contributed by atoms with Gasteiger partial charge in [0.05, 0.1) is 49.2 Å². The van der Waals surface area contributed by atoms with Gasteiger partial charge in [0.2, 0.25) is 11.8 Å². The van der Waals surface area contributed by atoms with Gasteiger partial charge in [0.25, 0.3) is 0 Å². The molecule has 15 heteroatoms. The van der Waals surface area contributed by atoms with E-state index in [1.807, 2.05) is 17.2 Å². The predicted molar refractivity (Wildman–Crippen MR) is 216 cm³/mol. The average Bonchev–Trinajstić information content (AvgIpc) is 4.08. The predicted octanol–water partition coefficient (Wildman–Crippen LogP) is 7.19. The minimum absolute atomic E-state index is 0.122. The molecule has 3 aliphatic rings. The Kier molecular flexibility index (Phi) is 9.34. The summed E-state index contributed by atoms with van der Waals surface area (Å²) in [6.45, 7) is 3.95. The normalized spacial score (nSPS) is 21.3. The van der Waals surface area contributed by atoms with Crippen LogP contribution < -0.4 is 10.6 Å². The number of methoxy groups -OCH3 is 2. The number of hydrogen-bond donors (Lipinski definition) is 4. The lowest BCUT2D eigenvalue weighted by atomic mass is 9.97. The highest BCUT2D eigenvalue weighted by molar-refractivity contribution is 7.25. The van der Waals surface area contributed by atoms with Crippen LogP contribution in [0.3, 0.4) is 0 Å². The number of aromatic nitrogens is 4. The first kappa shape index (κ1) is 36.7. The Hall–Kier alpha value is -5.96. The molecule has 1 aliphatic carbocycles. The van der Waals surface area contributed by atoms with Gasteiger partial charge in [-0.3, -0.25) is 9.59 Å². The minimum Gasteiger partial charge on any atom is -0.453 e. The van der Waals surface area contributed by atoms with Crippen molar-refractivity contribution in [2.24, 2.45) is 5.92 Å². The van der Waals surface area contributed by atoms with E-state index in [1.165, 1.54) is 29.7 Å². The molecule has 2 aliphatic heterocycles. The van der Waals surface area contributed by atoms with Crippen LogP contribution in [0.1, 0.15) is 69.7 Å². The standard InChI is InChI=1S/C42H44N8O6S/c1-21(44-41(53)55-3)39(51)49-15-5-6-33(49)37-43-20-32(48-37)25-9-13-29-28-12-8-24(18-34(28)57-35(29)19-25)23-10-14-30-31(17-23)47-38(46-30)36-26-7-11-27(16-26)50(36)40(52)22(2)45-42(54)56-4/h8-10,12-14,17-22,26-27,33,36H,5-7,11,15-16H2,1-4H3,(H,43,48)(H,44,53)(H,45,54)(H,46,47)/t21-,22-,26+,27+,33-,36-/m0/s1. The molecule has 2 saturated heterocycles. The molecule has 5 heterocycles. The summed E-state index contributed by atoms with van der Waals surface area (Å²) in [6.07, 6.45) is 5.13. The van der Waals surface area contributed by atoms with Gasteiger partial charge in [-0.05, 0) is 87.3 Å². The number of amides is 4. The van der Waals surface area contributed by atoms with E-state index in [4.69, 9.17) is 14.7 Å². The second-order valence-corrected chi connectivity index (χ2v) is 16.5.